The third-order valence-corrected chi connectivity index (χ3v) is 4.94. The average Bonchev–Trinajstić information content (AvgIpc) is 2.91. The number of carbonyl (C=O) groups is 2. The highest BCUT2D eigenvalue weighted by molar-refractivity contribution is 8.26. The maximum atomic E-state index is 13.3. The fourth-order valence-electron chi connectivity index (χ4n) is 2.33. The smallest absolute Gasteiger partial charge is 0.335 e. The van der Waals surface area contributed by atoms with Crippen LogP contribution in [0.25, 0.3) is 6.08 Å². The van der Waals surface area contributed by atoms with Crippen LogP contribution in [-0.4, -0.2) is 26.2 Å². The largest absolute Gasteiger partial charge is 0.478 e. The Morgan fingerprint density at radius 3 is 2.48 bits per heavy atom. The zero-order valence-corrected chi connectivity index (χ0v) is 16.4. The Kier molecular flexibility index (Phi) is 7.27. The van der Waals surface area contributed by atoms with Crippen molar-refractivity contribution in [3.8, 4) is 0 Å². The molecule has 1 heterocycles. The Morgan fingerprint density at radius 1 is 1.22 bits per heavy atom. The minimum atomic E-state index is -1.01. The van der Waals surface area contributed by atoms with Crippen molar-refractivity contribution < 1.29 is 19.1 Å². The summed E-state index contributed by atoms with van der Waals surface area (Å²) in [7, 11) is 0. The molecule has 0 saturated carbocycles. The van der Waals surface area contributed by atoms with E-state index in [0.29, 0.717) is 20.4 Å². The Hall–Kier alpha value is -2.51. The second-order valence-corrected chi connectivity index (χ2v) is 7.00. The van der Waals surface area contributed by atoms with Gasteiger partial charge in [-0.05, 0) is 41.5 Å². The lowest BCUT2D eigenvalue weighted by atomic mass is 10.1. The van der Waals surface area contributed by atoms with E-state index in [0.717, 1.165) is 0 Å². The number of hydrogen-bond donors (Lipinski definition) is 1. The molecule has 3 rings (SSSR count). The fourth-order valence-corrected chi connectivity index (χ4v) is 3.58. The zero-order chi connectivity index (χ0) is 20.0. The van der Waals surface area contributed by atoms with Crippen molar-refractivity contribution in [1.82, 2.24) is 4.90 Å². The van der Waals surface area contributed by atoms with Crippen molar-refractivity contribution in [2.45, 2.75) is 20.4 Å². The molecule has 27 heavy (non-hydrogen) atoms. The van der Waals surface area contributed by atoms with Gasteiger partial charge in [-0.3, -0.25) is 9.69 Å². The van der Waals surface area contributed by atoms with Gasteiger partial charge < -0.3 is 5.11 Å². The molecule has 0 aromatic heterocycles. The number of rotatable bonds is 4. The summed E-state index contributed by atoms with van der Waals surface area (Å²) in [5.74, 6) is -1.62. The van der Waals surface area contributed by atoms with E-state index in [1.165, 1.54) is 40.9 Å². The molecule has 2 aromatic rings. The van der Waals surface area contributed by atoms with Crippen LogP contribution in [0, 0.1) is 5.82 Å². The molecule has 0 spiro atoms. The first kappa shape index (κ1) is 20.8. The summed E-state index contributed by atoms with van der Waals surface area (Å²) in [6.07, 6.45) is 1.66. The van der Waals surface area contributed by atoms with Crippen LogP contribution in [-0.2, 0) is 11.3 Å². The van der Waals surface area contributed by atoms with E-state index in [4.69, 9.17) is 17.3 Å². The third-order valence-electron chi connectivity index (χ3n) is 3.56. The topological polar surface area (TPSA) is 57.6 Å². The molecule has 1 aliphatic heterocycles. The molecule has 1 N–H and O–H groups in total. The number of benzene rings is 2. The maximum Gasteiger partial charge on any atom is 0.335 e. The van der Waals surface area contributed by atoms with Crippen LogP contribution in [0.1, 0.15) is 35.3 Å². The molecule has 2 aromatic carbocycles. The summed E-state index contributed by atoms with van der Waals surface area (Å²) in [5.41, 5.74) is 1.54. The van der Waals surface area contributed by atoms with Crippen molar-refractivity contribution in [1.29, 1.82) is 0 Å². The molecule has 1 saturated heterocycles. The summed E-state index contributed by atoms with van der Waals surface area (Å²) in [6.45, 7) is 4.21. The maximum absolute atomic E-state index is 13.3. The molecule has 140 valence electrons. The van der Waals surface area contributed by atoms with E-state index in [-0.39, 0.29) is 23.8 Å². The number of carboxylic acids is 1. The number of aromatic carboxylic acids is 1. The first-order valence-corrected chi connectivity index (χ1v) is 9.50. The van der Waals surface area contributed by atoms with Crippen LogP contribution in [0.4, 0.5) is 4.39 Å². The van der Waals surface area contributed by atoms with Crippen LogP contribution in [0.5, 0.6) is 0 Å². The molecule has 0 unspecified atom stereocenters. The lowest BCUT2D eigenvalue weighted by Crippen LogP contribution is -2.27. The molecule has 0 atom stereocenters. The van der Waals surface area contributed by atoms with Crippen LogP contribution in [0.15, 0.2) is 53.4 Å². The highest BCUT2D eigenvalue weighted by Crippen LogP contribution is 2.33. The normalized spacial score (nSPS) is 14.9. The molecule has 1 aliphatic rings. The van der Waals surface area contributed by atoms with Crippen LogP contribution in [0.3, 0.4) is 0 Å². The first-order chi connectivity index (χ1) is 12.9. The Labute approximate surface area is 166 Å². The second kappa shape index (κ2) is 9.43. The highest BCUT2D eigenvalue weighted by atomic mass is 32.2. The van der Waals surface area contributed by atoms with E-state index in [2.05, 4.69) is 0 Å². The molecule has 0 aliphatic carbocycles. The van der Waals surface area contributed by atoms with Gasteiger partial charge >= 0.3 is 5.97 Å². The highest BCUT2D eigenvalue weighted by Gasteiger charge is 2.32. The fraction of sp³-hybridized carbons (Fsp3) is 0.150. The second-order valence-electron chi connectivity index (χ2n) is 5.32. The van der Waals surface area contributed by atoms with E-state index in [1.54, 1.807) is 30.3 Å². The van der Waals surface area contributed by atoms with Crippen LogP contribution >= 0.6 is 24.0 Å². The number of halogens is 1. The SMILES string of the molecule is CC.O=C(O)c1ccc(/C=C2\SC(=S)N(Cc3cccc(F)c3)C2=O)cc1. The quantitative estimate of drug-likeness (QED) is 0.578. The van der Waals surface area contributed by atoms with Crippen molar-refractivity contribution in [2.24, 2.45) is 0 Å². The van der Waals surface area contributed by atoms with E-state index < -0.39 is 5.97 Å². The minimum Gasteiger partial charge on any atom is -0.478 e. The van der Waals surface area contributed by atoms with E-state index in [9.17, 15) is 14.0 Å². The lowest BCUT2D eigenvalue weighted by molar-refractivity contribution is -0.122. The van der Waals surface area contributed by atoms with Crippen molar-refractivity contribution in [2.75, 3.05) is 0 Å². The number of amides is 1. The predicted octanol–water partition coefficient (Wildman–Crippen LogP) is 4.95. The van der Waals surface area contributed by atoms with Gasteiger partial charge in [-0.15, -0.1) is 0 Å². The minimum absolute atomic E-state index is 0.177. The summed E-state index contributed by atoms with van der Waals surface area (Å²) in [5, 5.41) is 8.91. The van der Waals surface area contributed by atoms with Gasteiger partial charge in [0.2, 0.25) is 0 Å². The lowest BCUT2D eigenvalue weighted by Gasteiger charge is -2.14. The molecule has 0 radical (unpaired) electrons. The number of carboxylic acid groups (broad SMARTS) is 1. The summed E-state index contributed by atoms with van der Waals surface area (Å²) < 4.78 is 13.7. The Bertz CT molecular complexity index is 894. The standard InChI is InChI=1S/C18H12FNO3S2.C2H6/c19-14-3-1-2-12(8-14)10-20-16(21)15(25-18(20)24)9-11-4-6-13(7-5-11)17(22)23;1-2/h1-9H,10H2,(H,22,23);1-2H3/b15-9-;. The Morgan fingerprint density at radius 2 is 1.89 bits per heavy atom. The molecular formula is C20H18FNO3S2. The summed E-state index contributed by atoms with van der Waals surface area (Å²) in [4.78, 5) is 25.3. The first-order valence-electron chi connectivity index (χ1n) is 8.27. The number of thiocarbonyl (C=S) groups is 1. The van der Waals surface area contributed by atoms with Crippen molar-refractivity contribution in [3.05, 3.63) is 75.9 Å². The van der Waals surface area contributed by atoms with Gasteiger partial charge in [0.25, 0.3) is 5.91 Å². The molecule has 0 bridgehead atoms. The van der Waals surface area contributed by atoms with E-state index in [1.807, 2.05) is 13.8 Å². The third kappa shape index (κ3) is 5.24. The van der Waals surface area contributed by atoms with Gasteiger partial charge in [0.05, 0.1) is 17.0 Å². The van der Waals surface area contributed by atoms with Crippen LogP contribution in [0.2, 0.25) is 0 Å². The van der Waals surface area contributed by atoms with Crippen molar-refractivity contribution >= 4 is 46.3 Å². The molecule has 1 fully saturated rings. The van der Waals surface area contributed by atoms with Gasteiger partial charge in [-0.1, -0.05) is 62.1 Å². The monoisotopic (exact) mass is 403 g/mol. The summed E-state index contributed by atoms with van der Waals surface area (Å²) in [6, 6.07) is 12.2. The van der Waals surface area contributed by atoms with Gasteiger partial charge in [0.15, 0.2) is 0 Å². The van der Waals surface area contributed by atoms with E-state index >= 15 is 0 Å². The van der Waals surface area contributed by atoms with Crippen molar-refractivity contribution in [3.63, 3.8) is 0 Å². The van der Waals surface area contributed by atoms with Gasteiger partial charge in [0, 0.05) is 0 Å². The number of hydrogen-bond acceptors (Lipinski definition) is 4. The summed E-state index contributed by atoms with van der Waals surface area (Å²) >= 11 is 6.42. The number of carbonyl (C=O) groups excluding carboxylic acids is 1. The number of thioether (sulfide) groups is 1. The molecular weight excluding hydrogens is 385 g/mol. The van der Waals surface area contributed by atoms with Gasteiger partial charge in [-0.25, -0.2) is 9.18 Å². The van der Waals surface area contributed by atoms with Gasteiger partial charge in [-0.2, -0.15) is 0 Å². The zero-order valence-electron chi connectivity index (χ0n) is 14.8. The predicted molar refractivity (Wildman–Crippen MR) is 110 cm³/mol. The average molecular weight is 404 g/mol. The van der Waals surface area contributed by atoms with Gasteiger partial charge in [0.1, 0.15) is 10.1 Å². The van der Waals surface area contributed by atoms with Crippen LogP contribution < -0.4 is 0 Å². The Balaban J connectivity index is 0.00000126. The molecule has 1 amide bonds. The number of nitrogens with zero attached hydrogens (tertiary/aromatic N) is 1. The molecule has 7 heteroatoms. The molecule has 4 nitrogen and oxygen atoms in total.